The van der Waals surface area contributed by atoms with Crippen molar-refractivity contribution in [2.45, 2.75) is 150 Å². The van der Waals surface area contributed by atoms with Crippen molar-refractivity contribution in [3.05, 3.63) is 47.5 Å². The first-order valence-electron chi connectivity index (χ1n) is 21.5. The van der Waals surface area contributed by atoms with Gasteiger partial charge in [0.05, 0.1) is 26.4 Å². The molecule has 0 aromatic heterocycles. The zero-order chi connectivity index (χ0) is 48.3. The fraction of sp³-hybridized carbons (Fsp3) is 0.714. The number of ether oxygens (including phenoxy) is 8. The molecule has 0 saturated carbocycles. The van der Waals surface area contributed by atoms with Crippen molar-refractivity contribution < 1.29 is 120 Å². The summed E-state index contributed by atoms with van der Waals surface area (Å²) in [6, 6.07) is 9.12. The lowest BCUT2D eigenvalue weighted by molar-refractivity contribution is -0.282. The van der Waals surface area contributed by atoms with Crippen molar-refractivity contribution in [2.75, 3.05) is 26.4 Å². The number of rotatable bonds is 17. The highest BCUT2D eigenvalue weighted by Gasteiger charge is 2.49. The van der Waals surface area contributed by atoms with Crippen LogP contribution in [0.4, 0.5) is 0 Å². The van der Waals surface area contributed by atoms with Gasteiger partial charge in [0.2, 0.25) is 25.2 Å². The van der Waals surface area contributed by atoms with Gasteiger partial charge in [-0.15, -0.1) is 0 Å². The summed E-state index contributed by atoms with van der Waals surface area (Å²) in [5, 5.41) is 165. The molecule has 22 atom stereocenters. The molecule has 0 bridgehead atoms. The third kappa shape index (κ3) is 11.3. The van der Waals surface area contributed by atoms with E-state index in [-0.39, 0.29) is 34.8 Å². The second-order valence-electron chi connectivity index (χ2n) is 17.2. The molecule has 2 aromatic carbocycles. The molecule has 16 N–H and O–H groups in total. The van der Waals surface area contributed by atoms with Gasteiger partial charge in [0.1, 0.15) is 97.7 Å². The van der Waals surface area contributed by atoms with Gasteiger partial charge in [0, 0.05) is 0 Å². The Hall–Kier alpha value is -3.16. The second-order valence-corrected chi connectivity index (χ2v) is 17.2. The van der Waals surface area contributed by atoms with E-state index in [1.54, 1.807) is 12.1 Å². The molecule has 4 heterocycles. The van der Waals surface area contributed by atoms with Crippen molar-refractivity contribution >= 4 is 0 Å². The molecular weight excluding hydrogens is 888 g/mol. The maximum absolute atomic E-state index is 10.8. The summed E-state index contributed by atoms with van der Waals surface area (Å²) >= 11 is 0. The van der Waals surface area contributed by atoms with Crippen LogP contribution in [0, 0.1) is 11.8 Å². The van der Waals surface area contributed by atoms with Gasteiger partial charge in [-0.25, -0.2) is 0 Å². The van der Waals surface area contributed by atoms with Crippen LogP contribution < -0.4 is 18.9 Å². The van der Waals surface area contributed by atoms with Gasteiger partial charge in [-0.05, 0) is 60.1 Å². The number of aliphatic hydroxyl groups is 16. The quantitative estimate of drug-likeness (QED) is 0.0701. The van der Waals surface area contributed by atoms with E-state index in [2.05, 4.69) is 0 Å². The molecule has 374 valence electrons. The average molecular weight is 951 g/mol. The molecule has 4 aliphatic rings. The Morgan fingerprint density at radius 1 is 0.364 bits per heavy atom. The second kappa shape index (κ2) is 22.5. The molecule has 2 aromatic rings. The summed E-state index contributed by atoms with van der Waals surface area (Å²) in [5.41, 5.74) is 1.23. The average Bonchev–Trinajstić information content (AvgIpc) is 3.30. The predicted octanol–water partition coefficient (Wildman–Crippen LogP) is -6.54. The fourth-order valence-corrected chi connectivity index (χ4v) is 8.04. The van der Waals surface area contributed by atoms with E-state index in [1.807, 2.05) is 13.8 Å². The zero-order valence-corrected chi connectivity index (χ0v) is 35.8. The highest BCUT2D eigenvalue weighted by atomic mass is 16.7. The lowest BCUT2D eigenvalue weighted by atomic mass is 9.85. The highest BCUT2D eigenvalue weighted by Crippen LogP contribution is 2.38. The van der Waals surface area contributed by atoms with E-state index >= 15 is 0 Å². The van der Waals surface area contributed by atoms with Crippen molar-refractivity contribution in [3.8, 4) is 23.0 Å². The van der Waals surface area contributed by atoms with Gasteiger partial charge in [0.25, 0.3) is 0 Å². The number of hydrogen-bond donors (Lipinski definition) is 16. The molecule has 24 nitrogen and oxygen atoms in total. The lowest BCUT2D eigenvalue weighted by Crippen LogP contribution is -2.60. The van der Waals surface area contributed by atoms with E-state index in [1.165, 1.54) is 24.3 Å². The van der Waals surface area contributed by atoms with Crippen LogP contribution in [-0.2, 0) is 31.8 Å². The molecule has 4 aliphatic heterocycles. The highest BCUT2D eigenvalue weighted by molar-refractivity contribution is 5.45. The first-order valence-corrected chi connectivity index (χ1v) is 21.5. The van der Waals surface area contributed by atoms with Crippen LogP contribution in [0.2, 0.25) is 0 Å². The summed E-state index contributed by atoms with van der Waals surface area (Å²) < 4.78 is 45.8. The molecule has 0 aliphatic carbocycles. The number of benzene rings is 2. The zero-order valence-electron chi connectivity index (χ0n) is 35.8. The Bertz CT molecular complexity index is 1710. The smallest absolute Gasteiger partial charge is 0.229 e. The Morgan fingerprint density at radius 2 is 0.606 bits per heavy atom. The van der Waals surface area contributed by atoms with E-state index in [9.17, 15) is 81.7 Å². The third-order valence-corrected chi connectivity index (χ3v) is 12.5. The van der Waals surface area contributed by atoms with Crippen LogP contribution in [0.5, 0.6) is 23.0 Å². The summed E-state index contributed by atoms with van der Waals surface area (Å²) in [6.07, 6.45) is -32.4. The topological polar surface area (TPSA) is 398 Å². The van der Waals surface area contributed by atoms with Gasteiger partial charge in [-0.3, -0.25) is 0 Å². The Balaban J connectivity index is 1.24. The van der Waals surface area contributed by atoms with E-state index in [0.717, 1.165) is 0 Å². The monoisotopic (exact) mass is 950 g/mol. The number of aliphatic hydroxyl groups excluding tert-OH is 16. The molecule has 66 heavy (non-hydrogen) atoms. The molecule has 6 rings (SSSR count). The Morgan fingerprint density at radius 3 is 0.848 bits per heavy atom. The first kappa shape index (κ1) is 52.2. The Labute approximate surface area is 377 Å². The van der Waals surface area contributed by atoms with Gasteiger partial charge in [-0.1, -0.05) is 26.0 Å². The van der Waals surface area contributed by atoms with Crippen LogP contribution in [0.25, 0.3) is 0 Å². The molecule has 0 spiro atoms. The van der Waals surface area contributed by atoms with E-state index < -0.39 is 149 Å². The molecule has 4 saturated heterocycles. The summed E-state index contributed by atoms with van der Waals surface area (Å²) in [7, 11) is 0. The molecule has 24 heteroatoms. The minimum absolute atomic E-state index is 0.140. The van der Waals surface area contributed by atoms with Gasteiger partial charge >= 0.3 is 0 Å². The molecule has 4 fully saturated rings. The largest absolute Gasteiger partial charge is 0.458 e. The summed E-state index contributed by atoms with van der Waals surface area (Å²) in [6.45, 7) is 0.904. The maximum Gasteiger partial charge on any atom is 0.229 e. The maximum atomic E-state index is 10.8. The van der Waals surface area contributed by atoms with Crippen molar-refractivity contribution in [1.29, 1.82) is 0 Å². The van der Waals surface area contributed by atoms with Crippen molar-refractivity contribution in [1.82, 2.24) is 0 Å². The first-order chi connectivity index (χ1) is 31.3. The molecule has 0 unspecified atom stereocenters. The standard InChI is InChI=1S/C42H62O24/c1-15(7-17-3-5-19(59-39-35(55)31(51)27(47)23(11-43)63-39)21(9-17)61-41-37(57)33(53)29(49)25(13-45)65-41)16(2)8-18-4-6-20(60-40-36(56)32(52)28(48)24(12-44)64-40)22(10-18)62-42-38(58)34(54)30(50)26(14-46)66-42/h3-6,9-10,15-16,23-58H,7-8,11-14H2,1-2H3/t15-,16+,23-,24-,25-,26-,27-,28-,29-,30-,31+,32+,33+,34+,35-,36-,37-,38-,39-,40-,41-,42-/m1/s1. The van der Waals surface area contributed by atoms with Crippen molar-refractivity contribution in [2.24, 2.45) is 11.8 Å². The van der Waals surface area contributed by atoms with Gasteiger partial charge in [-0.2, -0.15) is 0 Å². The molecule has 0 amide bonds. The Kier molecular flexibility index (Phi) is 17.8. The van der Waals surface area contributed by atoms with Gasteiger partial charge < -0.3 is 120 Å². The van der Waals surface area contributed by atoms with Crippen LogP contribution >= 0.6 is 0 Å². The van der Waals surface area contributed by atoms with Crippen LogP contribution in [0.15, 0.2) is 36.4 Å². The minimum Gasteiger partial charge on any atom is -0.458 e. The predicted molar refractivity (Wildman–Crippen MR) is 216 cm³/mol. The summed E-state index contributed by atoms with van der Waals surface area (Å²) in [4.78, 5) is 0. The van der Waals surface area contributed by atoms with E-state index in [4.69, 9.17) is 37.9 Å². The lowest BCUT2D eigenvalue weighted by Gasteiger charge is -2.41. The summed E-state index contributed by atoms with van der Waals surface area (Å²) in [5.74, 6) is -0.862. The van der Waals surface area contributed by atoms with Crippen LogP contribution in [0.1, 0.15) is 25.0 Å². The van der Waals surface area contributed by atoms with Crippen LogP contribution in [-0.4, -0.2) is 231 Å². The van der Waals surface area contributed by atoms with Crippen LogP contribution in [0.3, 0.4) is 0 Å². The fourth-order valence-electron chi connectivity index (χ4n) is 8.04. The van der Waals surface area contributed by atoms with E-state index in [0.29, 0.717) is 24.0 Å². The normalized spacial score (nSPS) is 40.6. The molecular formula is C42H62O24. The van der Waals surface area contributed by atoms with Crippen molar-refractivity contribution in [3.63, 3.8) is 0 Å². The molecule has 0 radical (unpaired) electrons. The third-order valence-electron chi connectivity index (χ3n) is 12.5. The number of hydrogen-bond acceptors (Lipinski definition) is 24. The SMILES string of the molecule is C[C@H](Cc1ccc(O[C@@H]2O[C@H](CO)[C@@H](O)[C@H](O)[C@H]2O)c(O[C@@H]2O[C@H](CO)[C@@H](O)[C@H](O)[C@H]2O)c1)[C@@H](C)Cc1ccc(O[C@@H]2O[C@H](CO)[C@@H](O)[C@H](O)[C@H]2O)c(O[C@@H]2O[C@H](CO)[C@@H](O)[C@H](O)[C@H]2O)c1. The van der Waals surface area contributed by atoms with Gasteiger partial charge in [0.15, 0.2) is 23.0 Å². The minimum atomic E-state index is -1.82.